The molecule has 2 aromatic rings. The molecule has 154 valence electrons. The second-order valence-electron chi connectivity index (χ2n) is 6.84. The van der Waals surface area contributed by atoms with E-state index < -0.39 is 26.6 Å². The molecule has 1 heterocycles. The lowest BCUT2D eigenvalue weighted by Gasteiger charge is -2.28. The molecule has 3 rings (SSSR count). The highest BCUT2D eigenvalue weighted by atomic mass is 32.2. The van der Waals surface area contributed by atoms with Crippen LogP contribution in [0.4, 0.5) is 4.39 Å². The molecule has 0 unspecified atom stereocenters. The number of fused-ring (bicyclic) bond motifs is 1. The van der Waals surface area contributed by atoms with E-state index in [1.165, 1.54) is 23.3 Å². The summed E-state index contributed by atoms with van der Waals surface area (Å²) in [7, 11) is -4.06. The first-order valence-electron chi connectivity index (χ1n) is 9.38. The first-order valence-corrected chi connectivity index (χ1v) is 10.9. The number of rotatable bonds is 8. The van der Waals surface area contributed by atoms with Gasteiger partial charge >= 0.3 is 0 Å². The third-order valence-corrected chi connectivity index (χ3v) is 6.26. The van der Waals surface area contributed by atoms with Crippen LogP contribution in [0.15, 0.2) is 60.0 Å². The summed E-state index contributed by atoms with van der Waals surface area (Å²) in [5, 5.41) is 2.78. The molecular formula is C21H24FN3O3S. The highest BCUT2D eigenvalue weighted by molar-refractivity contribution is 7.89. The molecule has 1 aliphatic rings. The van der Waals surface area contributed by atoms with Crippen molar-refractivity contribution < 1.29 is 17.6 Å². The van der Waals surface area contributed by atoms with E-state index in [-0.39, 0.29) is 12.1 Å². The van der Waals surface area contributed by atoms with Gasteiger partial charge in [-0.2, -0.15) is 0 Å². The average Bonchev–Trinajstić information content (AvgIpc) is 2.72. The summed E-state index contributed by atoms with van der Waals surface area (Å²) in [6.45, 7) is 6.23. The first-order chi connectivity index (χ1) is 13.9. The standard InChI is InChI=1S/C21H24FN3O3S/c1-2-10-24-29(27,28)20-14-17(7-8-19(20)22)21(26)23-11-13-25-12-9-16-5-3-4-6-18(16)15-25/h2-8,14,24H,1,9-13,15H2,(H,23,26). The van der Waals surface area contributed by atoms with Crippen molar-refractivity contribution in [2.45, 2.75) is 17.9 Å². The number of benzene rings is 2. The van der Waals surface area contributed by atoms with Crippen molar-refractivity contribution in [2.75, 3.05) is 26.2 Å². The molecule has 2 N–H and O–H groups in total. The SMILES string of the molecule is C=CCNS(=O)(=O)c1cc(C(=O)NCCN2CCc3ccccc3C2)ccc1F. The second kappa shape index (κ2) is 9.30. The minimum atomic E-state index is -4.06. The van der Waals surface area contributed by atoms with Crippen molar-refractivity contribution in [3.8, 4) is 0 Å². The Labute approximate surface area is 170 Å². The van der Waals surface area contributed by atoms with E-state index in [9.17, 15) is 17.6 Å². The predicted octanol–water partition coefficient (Wildman–Crippen LogP) is 2.08. The van der Waals surface area contributed by atoms with E-state index in [0.29, 0.717) is 13.1 Å². The van der Waals surface area contributed by atoms with Crippen LogP contribution in [-0.2, 0) is 23.0 Å². The zero-order chi connectivity index (χ0) is 20.9. The number of hydrogen-bond acceptors (Lipinski definition) is 4. The van der Waals surface area contributed by atoms with Crippen molar-refractivity contribution in [3.63, 3.8) is 0 Å². The molecule has 0 aromatic heterocycles. The monoisotopic (exact) mass is 417 g/mol. The minimum absolute atomic E-state index is 0.0306. The molecule has 0 aliphatic carbocycles. The summed E-state index contributed by atoms with van der Waals surface area (Å²) in [5.41, 5.74) is 2.75. The minimum Gasteiger partial charge on any atom is -0.351 e. The molecule has 2 aromatic carbocycles. The van der Waals surface area contributed by atoms with Crippen LogP contribution in [0.1, 0.15) is 21.5 Å². The van der Waals surface area contributed by atoms with Gasteiger partial charge < -0.3 is 5.32 Å². The van der Waals surface area contributed by atoms with Crippen molar-refractivity contribution in [3.05, 3.63) is 77.6 Å². The number of hydrogen-bond donors (Lipinski definition) is 2. The molecule has 1 aliphatic heterocycles. The lowest BCUT2D eigenvalue weighted by Crippen LogP contribution is -2.37. The smallest absolute Gasteiger partial charge is 0.251 e. The van der Waals surface area contributed by atoms with E-state index >= 15 is 0 Å². The molecule has 8 heteroatoms. The zero-order valence-electron chi connectivity index (χ0n) is 16.0. The Hall–Kier alpha value is -2.55. The Morgan fingerprint density at radius 3 is 2.72 bits per heavy atom. The maximum Gasteiger partial charge on any atom is 0.251 e. The van der Waals surface area contributed by atoms with Gasteiger partial charge in [0.15, 0.2) is 0 Å². The van der Waals surface area contributed by atoms with Crippen LogP contribution in [0.25, 0.3) is 0 Å². The van der Waals surface area contributed by atoms with Crippen LogP contribution >= 0.6 is 0 Å². The molecular weight excluding hydrogens is 393 g/mol. The van der Waals surface area contributed by atoms with Crippen molar-refractivity contribution in [2.24, 2.45) is 0 Å². The molecule has 6 nitrogen and oxygen atoms in total. The van der Waals surface area contributed by atoms with Crippen molar-refractivity contribution in [1.29, 1.82) is 0 Å². The van der Waals surface area contributed by atoms with Gasteiger partial charge in [-0.05, 0) is 35.7 Å². The summed E-state index contributed by atoms with van der Waals surface area (Å²) < 4.78 is 40.5. The molecule has 0 spiro atoms. The predicted molar refractivity (Wildman–Crippen MR) is 110 cm³/mol. The summed E-state index contributed by atoms with van der Waals surface area (Å²) in [6, 6.07) is 11.6. The van der Waals surface area contributed by atoms with Crippen molar-refractivity contribution in [1.82, 2.24) is 14.9 Å². The normalized spacial score (nSPS) is 14.2. The Morgan fingerprint density at radius 2 is 1.97 bits per heavy atom. The highest BCUT2D eigenvalue weighted by Crippen LogP contribution is 2.18. The first kappa shape index (κ1) is 21.2. The Kier molecular flexibility index (Phi) is 6.79. The lowest BCUT2D eigenvalue weighted by molar-refractivity contribution is 0.0947. The average molecular weight is 418 g/mol. The molecule has 0 atom stereocenters. The maximum atomic E-state index is 14.0. The van der Waals surface area contributed by atoms with Gasteiger partial charge in [0.05, 0.1) is 0 Å². The van der Waals surface area contributed by atoms with Crippen LogP contribution in [0, 0.1) is 5.82 Å². The maximum absolute atomic E-state index is 14.0. The molecule has 0 fully saturated rings. The van der Waals surface area contributed by atoms with Crippen molar-refractivity contribution >= 4 is 15.9 Å². The third kappa shape index (κ3) is 5.29. The summed E-state index contributed by atoms with van der Waals surface area (Å²) >= 11 is 0. The zero-order valence-corrected chi connectivity index (χ0v) is 16.8. The van der Waals surface area contributed by atoms with Gasteiger partial charge in [0.2, 0.25) is 10.0 Å². The lowest BCUT2D eigenvalue weighted by atomic mass is 10.00. The van der Waals surface area contributed by atoms with E-state index in [2.05, 4.69) is 33.7 Å². The summed E-state index contributed by atoms with van der Waals surface area (Å²) in [5.74, 6) is -1.35. The van der Waals surface area contributed by atoms with E-state index in [4.69, 9.17) is 0 Å². The van der Waals surface area contributed by atoms with E-state index in [1.807, 2.05) is 12.1 Å². The number of carbonyl (C=O) groups excluding carboxylic acids is 1. The fraction of sp³-hybridized carbons (Fsp3) is 0.286. The van der Waals surface area contributed by atoms with Crippen LogP contribution in [0.3, 0.4) is 0 Å². The number of halogens is 1. The highest BCUT2D eigenvalue weighted by Gasteiger charge is 2.21. The largest absolute Gasteiger partial charge is 0.351 e. The van der Waals surface area contributed by atoms with Gasteiger partial charge in [-0.3, -0.25) is 9.69 Å². The fourth-order valence-electron chi connectivity index (χ4n) is 3.27. The van der Waals surface area contributed by atoms with Crippen LogP contribution < -0.4 is 10.0 Å². The number of sulfonamides is 1. The number of nitrogens with zero attached hydrogens (tertiary/aromatic N) is 1. The number of nitrogens with one attached hydrogen (secondary N) is 2. The van der Waals surface area contributed by atoms with Gasteiger partial charge in [-0.25, -0.2) is 17.5 Å². The molecule has 0 radical (unpaired) electrons. The van der Waals surface area contributed by atoms with Gasteiger partial charge in [-0.1, -0.05) is 30.3 Å². The van der Waals surface area contributed by atoms with Gasteiger partial charge in [0.1, 0.15) is 10.7 Å². The van der Waals surface area contributed by atoms with Gasteiger partial charge in [0, 0.05) is 38.3 Å². The molecule has 0 saturated carbocycles. The van der Waals surface area contributed by atoms with Crippen LogP contribution in [0.5, 0.6) is 0 Å². The third-order valence-electron chi connectivity index (χ3n) is 4.82. The van der Waals surface area contributed by atoms with Gasteiger partial charge in [-0.15, -0.1) is 6.58 Å². The van der Waals surface area contributed by atoms with E-state index in [0.717, 1.165) is 31.6 Å². The molecule has 1 amide bonds. The Bertz CT molecular complexity index is 1010. The number of amides is 1. The van der Waals surface area contributed by atoms with E-state index in [1.54, 1.807) is 0 Å². The summed E-state index contributed by atoms with van der Waals surface area (Å²) in [4.78, 5) is 14.1. The molecule has 29 heavy (non-hydrogen) atoms. The number of carbonyl (C=O) groups is 1. The molecule has 0 bridgehead atoms. The fourth-order valence-corrected chi connectivity index (χ4v) is 4.37. The second-order valence-corrected chi connectivity index (χ2v) is 8.57. The van der Waals surface area contributed by atoms with Crippen LogP contribution in [0.2, 0.25) is 0 Å². The van der Waals surface area contributed by atoms with Gasteiger partial charge in [0.25, 0.3) is 5.91 Å². The topological polar surface area (TPSA) is 78.5 Å². The Morgan fingerprint density at radius 1 is 1.21 bits per heavy atom. The van der Waals surface area contributed by atoms with Crippen LogP contribution in [-0.4, -0.2) is 45.4 Å². The molecule has 0 saturated heterocycles. The summed E-state index contributed by atoms with van der Waals surface area (Å²) in [6.07, 6.45) is 2.33. The quantitative estimate of drug-likeness (QED) is 0.645. The Balaban J connectivity index is 1.59.